The van der Waals surface area contributed by atoms with Gasteiger partial charge < -0.3 is 14.5 Å². The number of rotatable bonds is 3. The first-order valence-corrected chi connectivity index (χ1v) is 10.0. The van der Waals surface area contributed by atoms with Gasteiger partial charge in [0.25, 0.3) is 5.91 Å². The van der Waals surface area contributed by atoms with Crippen LogP contribution in [0.2, 0.25) is 0 Å². The molecule has 2 aromatic carbocycles. The number of methoxy groups -OCH3 is 1. The van der Waals surface area contributed by atoms with Gasteiger partial charge in [-0.3, -0.25) is 13.4 Å². The van der Waals surface area contributed by atoms with Crippen LogP contribution in [-0.4, -0.2) is 35.5 Å². The zero-order valence-corrected chi connectivity index (χ0v) is 16.9. The van der Waals surface area contributed by atoms with Gasteiger partial charge in [-0.25, -0.2) is 9.18 Å². The van der Waals surface area contributed by atoms with Gasteiger partial charge in [0, 0.05) is 25.5 Å². The summed E-state index contributed by atoms with van der Waals surface area (Å²) in [6, 6.07) is 8.40. The molecule has 2 heterocycles. The number of halogens is 1. The minimum Gasteiger partial charge on any atom is -0.493 e. The van der Waals surface area contributed by atoms with Crippen LogP contribution in [0.5, 0.6) is 5.75 Å². The van der Waals surface area contributed by atoms with Crippen molar-refractivity contribution in [2.24, 2.45) is 0 Å². The van der Waals surface area contributed by atoms with Gasteiger partial charge in [-0.05, 0) is 18.2 Å². The van der Waals surface area contributed by atoms with Gasteiger partial charge in [0.15, 0.2) is 11.3 Å². The molecule has 0 unspecified atom stereocenters. The molecule has 1 aromatic heterocycles. The van der Waals surface area contributed by atoms with Crippen molar-refractivity contribution >= 4 is 44.1 Å². The molecule has 1 aliphatic heterocycles. The van der Waals surface area contributed by atoms with Gasteiger partial charge in [0.2, 0.25) is 0 Å². The lowest BCUT2D eigenvalue weighted by Gasteiger charge is -2.13. The van der Waals surface area contributed by atoms with E-state index in [1.807, 2.05) is 0 Å². The summed E-state index contributed by atoms with van der Waals surface area (Å²) in [6.45, 7) is 0. The molecule has 3 aromatic rings. The van der Waals surface area contributed by atoms with Gasteiger partial charge in [0.1, 0.15) is 11.4 Å². The van der Waals surface area contributed by atoms with Gasteiger partial charge in [-0.1, -0.05) is 12.1 Å². The van der Waals surface area contributed by atoms with E-state index in [0.29, 0.717) is 11.1 Å². The maximum Gasteiger partial charge on any atom is 0.349 e. The average molecular weight is 433 g/mol. The summed E-state index contributed by atoms with van der Waals surface area (Å²) in [7, 11) is 0.221. The molecule has 0 aliphatic carbocycles. The molecule has 1 aliphatic rings. The summed E-state index contributed by atoms with van der Waals surface area (Å²) in [4.78, 5) is 25.0. The molecule has 156 valence electrons. The first kappa shape index (κ1) is 19.7. The SMILES string of the molecule is COc1cccc2cc(C(=O)Nc3cc4c(cc3F)N(C)S(=O)(=O)N4C)c(=O)oc12. The lowest BCUT2D eigenvalue weighted by molar-refractivity contribution is 0.102. The number of hydrogen-bond acceptors (Lipinski definition) is 6. The molecule has 0 atom stereocenters. The standard InChI is InChI=1S/C19H16FN3O6S/c1-22-14-8-12(20)13(9-15(14)23(2)30(22,26)27)21-18(24)11-7-10-5-4-6-16(28-3)17(10)29-19(11)25/h4-9H,1-3H3,(H,21,24). The fourth-order valence-corrected chi connectivity index (χ4v) is 4.37. The number of benzene rings is 2. The zero-order valence-electron chi connectivity index (χ0n) is 16.1. The van der Waals surface area contributed by atoms with E-state index in [1.54, 1.807) is 18.2 Å². The molecule has 1 amide bonds. The van der Waals surface area contributed by atoms with Crippen molar-refractivity contribution in [3.05, 3.63) is 58.2 Å². The second kappa shape index (κ2) is 6.73. The summed E-state index contributed by atoms with van der Waals surface area (Å²) in [5.41, 5.74) is -1.05. The van der Waals surface area contributed by atoms with Crippen LogP contribution in [0.1, 0.15) is 10.4 Å². The highest BCUT2D eigenvalue weighted by molar-refractivity contribution is 7.94. The van der Waals surface area contributed by atoms with Crippen molar-refractivity contribution in [3.63, 3.8) is 0 Å². The van der Waals surface area contributed by atoms with Crippen LogP contribution < -0.4 is 24.3 Å². The Hall–Kier alpha value is -3.60. The summed E-state index contributed by atoms with van der Waals surface area (Å²) >= 11 is 0. The molecule has 0 saturated carbocycles. The second-order valence-electron chi connectivity index (χ2n) is 6.54. The fourth-order valence-electron chi connectivity index (χ4n) is 3.21. The molecular weight excluding hydrogens is 417 g/mol. The maximum absolute atomic E-state index is 14.6. The number of carbonyl (C=O) groups excluding carboxylic acids is 1. The van der Waals surface area contributed by atoms with Gasteiger partial charge in [-0.2, -0.15) is 8.42 Å². The zero-order chi connectivity index (χ0) is 21.8. The molecule has 9 nitrogen and oxygen atoms in total. The van der Waals surface area contributed by atoms with Crippen molar-refractivity contribution in [3.8, 4) is 5.75 Å². The van der Waals surface area contributed by atoms with E-state index in [9.17, 15) is 22.4 Å². The Kier molecular flexibility index (Phi) is 4.42. The Balaban J connectivity index is 1.73. The van der Waals surface area contributed by atoms with Crippen LogP contribution in [0.25, 0.3) is 11.0 Å². The highest BCUT2D eigenvalue weighted by Gasteiger charge is 2.36. The van der Waals surface area contributed by atoms with Crippen molar-refractivity contribution in [1.29, 1.82) is 0 Å². The highest BCUT2D eigenvalue weighted by Crippen LogP contribution is 2.41. The third-order valence-electron chi connectivity index (χ3n) is 4.87. The predicted octanol–water partition coefficient (Wildman–Crippen LogP) is 2.32. The van der Waals surface area contributed by atoms with Crippen LogP contribution >= 0.6 is 0 Å². The number of amides is 1. The molecule has 4 rings (SSSR count). The minimum atomic E-state index is -3.80. The minimum absolute atomic E-state index is 0.130. The number of hydrogen-bond donors (Lipinski definition) is 1. The molecule has 30 heavy (non-hydrogen) atoms. The van der Waals surface area contributed by atoms with E-state index >= 15 is 0 Å². The third kappa shape index (κ3) is 2.86. The Bertz CT molecular complexity index is 1370. The molecule has 1 N–H and O–H groups in total. The Labute approximate surface area is 170 Å². The fraction of sp³-hybridized carbons (Fsp3) is 0.158. The summed E-state index contributed by atoms with van der Waals surface area (Å²) in [6.07, 6.45) is 0. The van der Waals surface area contributed by atoms with Crippen LogP contribution in [0.4, 0.5) is 21.5 Å². The Morgan fingerprint density at radius 1 is 1.13 bits per heavy atom. The Morgan fingerprint density at radius 3 is 2.47 bits per heavy atom. The monoisotopic (exact) mass is 433 g/mol. The number of anilines is 3. The van der Waals surface area contributed by atoms with Crippen molar-refractivity contribution in [1.82, 2.24) is 0 Å². The van der Waals surface area contributed by atoms with Crippen molar-refractivity contribution in [2.45, 2.75) is 0 Å². The average Bonchev–Trinajstić information content (AvgIpc) is 2.87. The van der Waals surface area contributed by atoms with E-state index in [-0.39, 0.29) is 28.2 Å². The number of nitrogens with one attached hydrogen (secondary N) is 1. The third-order valence-corrected chi connectivity index (χ3v) is 6.65. The summed E-state index contributed by atoms with van der Waals surface area (Å²) in [5, 5.41) is 2.75. The molecular formula is C19H16FN3O6S. The van der Waals surface area contributed by atoms with Gasteiger partial charge in [-0.15, -0.1) is 0 Å². The highest BCUT2D eigenvalue weighted by atomic mass is 32.2. The molecule has 0 radical (unpaired) electrons. The van der Waals surface area contributed by atoms with Crippen LogP contribution in [0, 0.1) is 5.82 Å². The summed E-state index contributed by atoms with van der Waals surface area (Å²) in [5.74, 6) is -1.43. The van der Waals surface area contributed by atoms with E-state index < -0.39 is 27.6 Å². The smallest absolute Gasteiger partial charge is 0.349 e. The number of ether oxygens (including phenoxy) is 1. The molecule has 0 saturated heterocycles. The number of fused-ring (bicyclic) bond motifs is 2. The van der Waals surface area contributed by atoms with E-state index in [4.69, 9.17) is 9.15 Å². The molecule has 0 bridgehead atoms. The first-order valence-electron chi connectivity index (χ1n) is 8.63. The lowest BCUT2D eigenvalue weighted by atomic mass is 10.1. The molecule has 0 spiro atoms. The molecule has 0 fully saturated rings. The number of nitrogens with zero attached hydrogens (tertiary/aromatic N) is 2. The maximum atomic E-state index is 14.6. The van der Waals surface area contributed by atoms with Gasteiger partial charge >= 0.3 is 15.8 Å². The topological polar surface area (TPSA) is 109 Å². The van der Waals surface area contributed by atoms with Gasteiger partial charge in [0.05, 0.1) is 24.2 Å². The normalized spacial score (nSPS) is 14.7. The van der Waals surface area contributed by atoms with Crippen LogP contribution in [-0.2, 0) is 10.2 Å². The largest absolute Gasteiger partial charge is 0.493 e. The molecule has 11 heteroatoms. The van der Waals surface area contributed by atoms with Crippen LogP contribution in [0.15, 0.2) is 45.6 Å². The second-order valence-corrected chi connectivity index (χ2v) is 8.53. The summed E-state index contributed by atoms with van der Waals surface area (Å²) < 4.78 is 51.2. The Morgan fingerprint density at radius 2 is 1.80 bits per heavy atom. The lowest BCUT2D eigenvalue weighted by Crippen LogP contribution is -2.32. The predicted molar refractivity (Wildman–Crippen MR) is 109 cm³/mol. The quantitative estimate of drug-likeness (QED) is 0.635. The van der Waals surface area contributed by atoms with E-state index in [2.05, 4.69) is 5.32 Å². The number of carbonyl (C=O) groups is 1. The van der Waals surface area contributed by atoms with Crippen LogP contribution in [0.3, 0.4) is 0 Å². The van der Waals surface area contributed by atoms with E-state index in [1.165, 1.54) is 33.3 Å². The number of para-hydroxylation sites is 1. The van der Waals surface area contributed by atoms with Crippen molar-refractivity contribution < 1.29 is 26.8 Å². The van der Waals surface area contributed by atoms with E-state index in [0.717, 1.165) is 14.7 Å². The first-order chi connectivity index (χ1) is 14.1. The van der Waals surface area contributed by atoms with Crippen molar-refractivity contribution in [2.75, 3.05) is 35.1 Å².